The second-order valence-corrected chi connectivity index (χ2v) is 7.04. The predicted molar refractivity (Wildman–Crippen MR) is 88.6 cm³/mol. The van der Waals surface area contributed by atoms with Crippen molar-refractivity contribution in [2.24, 2.45) is 0 Å². The number of hydrogen-bond acceptors (Lipinski definition) is 7. The second kappa shape index (κ2) is 5.14. The van der Waals surface area contributed by atoms with Gasteiger partial charge in [-0.2, -0.15) is 0 Å². The fraction of sp³-hybridized carbons (Fsp3) is 0.412. The molecule has 4 bridgehead atoms. The Morgan fingerprint density at radius 2 is 1.79 bits per heavy atom. The average molecular weight is 325 g/mol. The Morgan fingerprint density at radius 1 is 1.12 bits per heavy atom. The number of allylic oxidation sites excluding steroid dienone is 1. The largest absolute Gasteiger partial charge is 0.436 e. The van der Waals surface area contributed by atoms with Gasteiger partial charge in [-0.25, -0.2) is 4.98 Å². The summed E-state index contributed by atoms with van der Waals surface area (Å²) in [5, 5.41) is 3.50. The highest BCUT2D eigenvalue weighted by Gasteiger charge is 2.48. The Bertz CT molecular complexity index is 759. The van der Waals surface area contributed by atoms with E-state index in [-0.39, 0.29) is 5.54 Å². The summed E-state index contributed by atoms with van der Waals surface area (Å²) >= 11 is 0. The van der Waals surface area contributed by atoms with Crippen LogP contribution in [0.15, 0.2) is 34.9 Å². The summed E-state index contributed by atoms with van der Waals surface area (Å²) in [6.45, 7) is 6.10. The first kappa shape index (κ1) is 14.2. The van der Waals surface area contributed by atoms with Crippen LogP contribution in [0.1, 0.15) is 5.89 Å². The summed E-state index contributed by atoms with van der Waals surface area (Å²) in [7, 11) is 0. The van der Waals surface area contributed by atoms with Crippen molar-refractivity contribution in [2.75, 3.05) is 39.6 Å². The van der Waals surface area contributed by atoms with Crippen LogP contribution in [0.2, 0.25) is 0 Å². The first-order valence-electron chi connectivity index (χ1n) is 8.19. The Kier molecular flexibility index (Phi) is 3.03. The van der Waals surface area contributed by atoms with Gasteiger partial charge in [0.2, 0.25) is 5.89 Å². The van der Waals surface area contributed by atoms with Crippen LogP contribution in [0, 0.1) is 0 Å². The van der Waals surface area contributed by atoms with Gasteiger partial charge in [-0.3, -0.25) is 19.5 Å². The Hall–Kier alpha value is -2.22. The number of carbonyl (C=O) groups is 1. The number of para-hydroxylation sites is 2. The third kappa shape index (κ3) is 2.24. The maximum absolute atomic E-state index is 11.6. The van der Waals surface area contributed by atoms with Crippen LogP contribution in [0.3, 0.4) is 0 Å². The van der Waals surface area contributed by atoms with E-state index >= 15 is 0 Å². The van der Waals surface area contributed by atoms with E-state index in [1.54, 1.807) is 6.20 Å². The number of fused-ring (bicyclic) bond motifs is 1. The molecule has 4 aliphatic rings. The molecule has 1 N–H and O–H groups in total. The third-order valence-electron chi connectivity index (χ3n) is 4.98. The van der Waals surface area contributed by atoms with Crippen LogP contribution < -0.4 is 5.32 Å². The van der Waals surface area contributed by atoms with E-state index in [2.05, 4.69) is 25.0 Å². The molecular formula is C17H19N5O2. The zero-order valence-corrected chi connectivity index (χ0v) is 13.3. The highest BCUT2D eigenvalue weighted by atomic mass is 16.3. The molecule has 4 aliphatic heterocycles. The van der Waals surface area contributed by atoms with E-state index in [1.807, 2.05) is 24.3 Å². The van der Waals surface area contributed by atoms with Gasteiger partial charge in [0.05, 0.1) is 31.1 Å². The van der Waals surface area contributed by atoms with Crippen LogP contribution in [0.4, 0.5) is 0 Å². The first-order valence-corrected chi connectivity index (χ1v) is 8.19. The number of oxazole rings is 1. The number of rotatable bonds is 4. The summed E-state index contributed by atoms with van der Waals surface area (Å²) in [4.78, 5) is 23.3. The van der Waals surface area contributed by atoms with Crippen LogP contribution in [0.25, 0.3) is 16.7 Å². The van der Waals surface area contributed by atoms with Crippen LogP contribution >= 0.6 is 0 Å². The van der Waals surface area contributed by atoms with E-state index < -0.39 is 0 Å². The second-order valence-electron chi connectivity index (χ2n) is 7.04. The van der Waals surface area contributed by atoms with E-state index in [1.165, 1.54) is 0 Å². The molecule has 6 rings (SSSR count). The molecular weight excluding hydrogens is 306 g/mol. The highest BCUT2D eigenvalue weighted by molar-refractivity contribution is 6.05. The average Bonchev–Trinajstić information content (AvgIpc) is 2.98. The van der Waals surface area contributed by atoms with Gasteiger partial charge in [-0.05, 0) is 12.1 Å². The molecule has 5 heterocycles. The van der Waals surface area contributed by atoms with Crippen LogP contribution in [-0.2, 0) is 4.79 Å². The van der Waals surface area contributed by atoms with Crippen molar-refractivity contribution < 1.29 is 9.21 Å². The summed E-state index contributed by atoms with van der Waals surface area (Å²) in [6.07, 6.45) is 2.58. The minimum atomic E-state index is -0.0327. The van der Waals surface area contributed by atoms with E-state index in [4.69, 9.17) is 4.42 Å². The van der Waals surface area contributed by atoms with Crippen molar-refractivity contribution in [2.45, 2.75) is 5.54 Å². The molecule has 4 saturated heterocycles. The molecule has 4 fully saturated rings. The molecule has 0 atom stereocenters. The number of benzene rings is 1. The Balaban J connectivity index is 1.42. The van der Waals surface area contributed by atoms with Gasteiger partial charge >= 0.3 is 0 Å². The smallest absolute Gasteiger partial charge is 0.232 e. The lowest BCUT2D eigenvalue weighted by molar-refractivity contribution is -0.146. The maximum atomic E-state index is 11.6. The van der Waals surface area contributed by atoms with Crippen molar-refractivity contribution >= 4 is 23.0 Å². The van der Waals surface area contributed by atoms with Gasteiger partial charge < -0.3 is 9.73 Å². The minimum absolute atomic E-state index is 0.0327. The highest BCUT2D eigenvalue weighted by Crippen LogP contribution is 2.29. The minimum Gasteiger partial charge on any atom is -0.436 e. The molecule has 2 aromatic rings. The molecule has 1 aromatic carbocycles. The van der Waals surface area contributed by atoms with Crippen molar-refractivity contribution in [3.8, 4) is 0 Å². The number of nitrogens with one attached hydrogen (secondary N) is 1. The standard InChI is InChI=1S/C17H19N5O2/c23-6-13(16-19-14-3-1-2-4-15(14)24-16)5-18-17-7-20-10-21(8-17)12-22(9-17)11-20/h1-6,18H,7-12H2/b13-5-. The molecule has 7 nitrogen and oxygen atoms in total. The molecule has 0 aliphatic carbocycles. The number of nitrogens with zero attached hydrogens (tertiary/aromatic N) is 4. The van der Waals surface area contributed by atoms with Crippen molar-refractivity contribution in [1.82, 2.24) is 25.0 Å². The summed E-state index contributed by atoms with van der Waals surface area (Å²) < 4.78 is 5.71. The Labute approximate surface area is 139 Å². The van der Waals surface area contributed by atoms with Crippen molar-refractivity contribution in [1.29, 1.82) is 0 Å². The summed E-state index contributed by atoms with van der Waals surface area (Å²) in [5.41, 5.74) is 1.87. The molecule has 7 heteroatoms. The number of aldehydes is 1. The quantitative estimate of drug-likeness (QED) is 0.649. The molecule has 0 unspecified atom stereocenters. The number of aromatic nitrogens is 1. The predicted octanol–water partition coefficient (Wildman–Crippen LogP) is 0.515. The van der Waals surface area contributed by atoms with E-state index in [0.29, 0.717) is 17.0 Å². The summed E-state index contributed by atoms with van der Waals surface area (Å²) in [6, 6.07) is 7.54. The van der Waals surface area contributed by atoms with Gasteiger partial charge in [0, 0.05) is 25.8 Å². The number of carbonyl (C=O) groups excluding carboxylic acids is 1. The van der Waals surface area contributed by atoms with Gasteiger partial charge in [0.25, 0.3) is 0 Å². The van der Waals surface area contributed by atoms with Crippen molar-refractivity contribution in [3.63, 3.8) is 0 Å². The van der Waals surface area contributed by atoms with Gasteiger partial charge in [-0.15, -0.1) is 0 Å². The monoisotopic (exact) mass is 325 g/mol. The molecule has 124 valence electrons. The van der Waals surface area contributed by atoms with E-state index in [0.717, 1.165) is 51.4 Å². The lowest BCUT2D eigenvalue weighted by Crippen LogP contribution is -2.79. The fourth-order valence-corrected chi connectivity index (χ4v) is 4.23. The fourth-order valence-electron chi connectivity index (χ4n) is 4.23. The Morgan fingerprint density at radius 3 is 2.42 bits per heavy atom. The zero-order valence-electron chi connectivity index (χ0n) is 13.3. The van der Waals surface area contributed by atoms with Gasteiger partial charge in [0.15, 0.2) is 11.9 Å². The SMILES string of the molecule is O=C/C(=C/NC12CN3CN(CN(C3)C1)C2)c1nc2ccccc2o1. The topological polar surface area (TPSA) is 64.9 Å². The molecule has 0 amide bonds. The van der Waals surface area contributed by atoms with Crippen molar-refractivity contribution in [3.05, 3.63) is 36.4 Å². The molecule has 0 saturated carbocycles. The zero-order chi connectivity index (χ0) is 16.1. The maximum Gasteiger partial charge on any atom is 0.232 e. The molecule has 24 heavy (non-hydrogen) atoms. The van der Waals surface area contributed by atoms with E-state index in [9.17, 15) is 4.79 Å². The molecule has 0 spiro atoms. The van der Waals surface area contributed by atoms with Gasteiger partial charge in [0.1, 0.15) is 5.52 Å². The normalized spacial score (nSPS) is 34.7. The lowest BCUT2D eigenvalue weighted by Gasteiger charge is -2.60. The molecule has 0 radical (unpaired) electrons. The lowest BCUT2D eigenvalue weighted by atomic mass is 9.91. The number of hydrogen-bond donors (Lipinski definition) is 1. The molecule has 1 aromatic heterocycles. The van der Waals surface area contributed by atoms with Crippen LogP contribution in [-0.4, -0.2) is 71.1 Å². The third-order valence-corrected chi connectivity index (χ3v) is 4.98. The van der Waals surface area contributed by atoms with Gasteiger partial charge in [-0.1, -0.05) is 12.1 Å². The first-order chi connectivity index (χ1) is 11.7. The summed E-state index contributed by atoms with van der Waals surface area (Å²) in [5.74, 6) is 0.365. The van der Waals surface area contributed by atoms with Crippen LogP contribution in [0.5, 0.6) is 0 Å².